The van der Waals surface area contributed by atoms with Crippen molar-refractivity contribution in [3.8, 4) is 0 Å². The third-order valence-corrected chi connectivity index (χ3v) is 4.10. The predicted octanol–water partition coefficient (Wildman–Crippen LogP) is 3.38. The highest BCUT2D eigenvalue weighted by Gasteiger charge is 2.14. The lowest BCUT2D eigenvalue weighted by molar-refractivity contribution is 0.601. The maximum atomic E-state index is 12.1. The summed E-state index contributed by atoms with van der Waals surface area (Å²) in [5, 5.41) is 0.690. The molecule has 0 aliphatic carbocycles. The van der Waals surface area contributed by atoms with Crippen molar-refractivity contribution in [2.24, 2.45) is 0 Å². The molecule has 3 N–H and O–H groups in total. The van der Waals surface area contributed by atoms with Crippen LogP contribution in [0, 0.1) is 0 Å². The molecule has 0 heterocycles. The van der Waals surface area contributed by atoms with E-state index in [1.165, 1.54) is 30.3 Å². The number of hydrogen-bond acceptors (Lipinski definition) is 3. The van der Waals surface area contributed by atoms with Crippen LogP contribution in [0.25, 0.3) is 0 Å². The van der Waals surface area contributed by atoms with Crippen LogP contribution in [0.2, 0.25) is 10.0 Å². The lowest BCUT2D eigenvalue weighted by Gasteiger charge is -2.09. The molecule has 0 bridgehead atoms. The molecule has 7 heteroatoms. The molecule has 0 aromatic heterocycles. The molecule has 0 radical (unpaired) electrons. The molecule has 0 fully saturated rings. The highest BCUT2D eigenvalue weighted by atomic mass is 35.5. The van der Waals surface area contributed by atoms with E-state index in [9.17, 15) is 8.42 Å². The van der Waals surface area contributed by atoms with Gasteiger partial charge in [-0.3, -0.25) is 4.72 Å². The van der Waals surface area contributed by atoms with Crippen LogP contribution in [0.5, 0.6) is 0 Å². The number of benzene rings is 2. The van der Waals surface area contributed by atoms with Crippen LogP contribution in [0.15, 0.2) is 47.4 Å². The van der Waals surface area contributed by atoms with E-state index in [1.54, 1.807) is 12.1 Å². The zero-order chi connectivity index (χ0) is 14.0. The lowest BCUT2D eigenvalue weighted by Crippen LogP contribution is -2.13. The predicted molar refractivity (Wildman–Crippen MR) is 78.1 cm³/mol. The maximum absolute atomic E-state index is 12.1. The molecular weight excluding hydrogens is 307 g/mol. The van der Waals surface area contributed by atoms with Crippen LogP contribution in [0.1, 0.15) is 0 Å². The first kappa shape index (κ1) is 14.0. The van der Waals surface area contributed by atoms with Crippen LogP contribution in [0.3, 0.4) is 0 Å². The summed E-state index contributed by atoms with van der Waals surface area (Å²) in [5.41, 5.74) is 6.22. The SMILES string of the molecule is Nc1cccc(S(=O)(=O)Nc2cc(Cl)cc(Cl)c2)c1. The van der Waals surface area contributed by atoms with Crippen molar-refractivity contribution in [2.75, 3.05) is 10.5 Å². The summed E-state index contributed by atoms with van der Waals surface area (Å²) in [6.07, 6.45) is 0. The lowest BCUT2D eigenvalue weighted by atomic mass is 10.3. The summed E-state index contributed by atoms with van der Waals surface area (Å²) in [6.45, 7) is 0. The first-order valence-corrected chi connectivity index (χ1v) is 7.45. The molecule has 4 nitrogen and oxygen atoms in total. The van der Waals surface area contributed by atoms with Gasteiger partial charge in [-0.2, -0.15) is 0 Å². The minimum Gasteiger partial charge on any atom is -0.399 e. The number of anilines is 2. The summed E-state index contributed by atoms with van der Waals surface area (Å²) >= 11 is 11.6. The van der Waals surface area contributed by atoms with E-state index < -0.39 is 10.0 Å². The molecule has 0 aliphatic heterocycles. The largest absolute Gasteiger partial charge is 0.399 e. The Morgan fingerprint density at radius 1 is 1.00 bits per heavy atom. The fraction of sp³-hybridized carbons (Fsp3) is 0. The molecule has 0 atom stereocenters. The third-order valence-electron chi connectivity index (χ3n) is 2.28. The Bertz CT molecular complexity index is 697. The number of halogens is 2. The number of hydrogen-bond donors (Lipinski definition) is 2. The van der Waals surface area contributed by atoms with Crippen molar-refractivity contribution in [2.45, 2.75) is 4.90 Å². The molecule has 0 amide bonds. The smallest absolute Gasteiger partial charge is 0.261 e. The van der Waals surface area contributed by atoms with Gasteiger partial charge in [0.15, 0.2) is 0 Å². The van der Waals surface area contributed by atoms with E-state index in [1.807, 2.05) is 0 Å². The molecule has 0 aliphatic rings. The Kier molecular flexibility index (Phi) is 3.89. The fourth-order valence-corrected chi connectivity index (χ4v) is 3.13. The Morgan fingerprint density at radius 3 is 2.21 bits per heavy atom. The number of rotatable bonds is 3. The van der Waals surface area contributed by atoms with Gasteiger partial charge in [-0.15, -0.1) is 0 Å². The molecule has 100 valence electrons. The van der Waals surface area contributed by atoms with E-state index in [0.29, 0.717) is 21.4 Å². The zero-order valence-electron chi connectivity index (χ0n) is 9.60. The normalized spacial score (nSPS) is 11.3. The second-order valence-electron chi connectivity index (χ2n) is 3.84. The number of sulfonamides is 1. The average molecular weight is 317 g/mol. The van der Waals surface area contributed by atoms with Gasteiger partial charge in [0.2, 0.25) is 0 Å². The Balaban J connectivity index is 2.36. The van der Waals surface area contributed by atoms with Gasteiger partial charge >= 0.3 is 0 Å². The van der Waals surface area contributed by atoms with Crippen molar-refractivity contribution in [3.05, 3.63) is 52.5 Å². The van der Waals surface area contributed by atoms with Gasteiger partial charge in [-0.25, -0.2) is 8.42 Å². The molecule has 2 aromatic carbocycles. The van der Waals surface area contributed by atoms with Crippen molar-refractivity contribution < 1.29 is 8.42 Å². The molecule has 0 saturated heterocycles. The van der Waals surface area contributed by atoms with Crippen LogP contribution in [-0.4, -0.2) is 8.42 Å². The molecule has 0 saturated carbocycles. The molecular formula is C12H10Cl2N2O2S. The van der Waals surface area contributed by atoms with Gasteiger partial charge in [0.1, 0.15) is 0 Å². The molecule has 2 aromatic rings. The van der Waals surface area contributed by atoms with E-state index in [-0.39, 0.29) is 4.90 Å². The summed E-state index contributed by atoms with van der Waals surface area (Å²) in [5.74, 6) is 0. The van der Waals surface area contributed by atoms with Crippen LogP contribution < -0.4 is 10.5 Å². The molecule has 19 heavy (non-hydrogen) atoms. The van der Waals surface area contributed by atoms with E-state index >= 15 is 0 Å². The number of nitrogens with one attached hydrogen (secondary N) is 1. The van der Waals surface area contributed by atoms with Crippen LogP contribution in [0.4, 0.5) is 11.4 Å². The number of nitrogens with two attached hydrogens (primary N) is 1. The molecule has 2 rings (SSSR count). The minimum atomic E-state index is -3.72. The van der Waals surface area contributed by atoms with E-state index in [2.05, 4.69) is 4.72 Å². The van der Waals surface area contributed by atoms with Crippen molar-refractivity contribution >= 4 is 44.6 Å². The van der Waals surface area contributed by atoms with Crippen LogP contribution >= 0.6 is 23.2 Å². The minimum absolute atomic E-state index is 0.0728. The zero-order valence-corrected chi connectivity index (χ0v) is 11.9. The fourth-order valence-electron chi connectivity index (χ4n) is 1.51. The first-order valence-electron chi connectivity index (χ1n) is 5.21. The van der Waals surface area contributed by atoms with Gasteiger partial charge in [0.05, 0.1) is 10.6 Å². The van der Waals surface area contributed by atoms with Crippen molar-refractivity contribution in [1.29, 1.82) is 0 Å². The Labute approximate surface area is 121 Å². The van der Waals surface area contributed by atoms with Gasteiger partial charge < -0.3 is 5.73 Å². The average Bonchev–Trinajstić information content (AvgIpc) is 2.26. The molecule has 0 unspecified atom stereocenters. The Morgan fingerprint density at radius 2 is 1.63 bits per heavy atom. The first-order chi connectivity index (χ1) is 8.87. The topological polar surface area (TPSA) is 72.2 Å². The quantitative estimate of drug-likeness (QED) is 0.853. The molecule has 0 spiro atoms. The van der Waals surface area contributed by atoms with E-state index in [4.69, 9.17) is 28.9 Å². The van der Waals surface area contributed by atoms with Crippen molar-refractivity contribution in [1.82, 2.24) is 0 Å². The third kappa shape index (κ3) is 3.53. The highest BCUT2D eigenvalue weighted by molar-refractivity contribution is 7.92. The standard InChI is InChI=1S/C12H10Cl2N2O2S/c13-8-4-9(14)6-11(5-8)16-19(17,18)12-3-1-2-10(15)7-12/h1-7,16H,15H2. The summed E-state index contributed by atoms with van der Waals surface area (Å²) in [7, 11) is -3.72. The summed E-state index contributed by atoms with van der Waals surface area (Å²) < 4.78 is 26.6. The number of nitrogen functional groups attached to an aromatic ring is 1. The second kappa shape index (κ2) is 5.28. The van der Waals surface area contributed by atoms with Gasteiger partial charge in [0.25, 0.3) is 10.0 Å². The van der Waals surface area contributed by atoms with Crippen molar-refractivity contribution in [3.63, 3.8) is 0 Å². The van der Waals surface area contributed by atoms with Gasteiger partial charge in [0, 0.05) is 15.7 Å². The van der Waals surface area contributed by atoms with Gasteiger partial charge in [-0.05, 0) is 36.4 Å². The van der Waals surface area contributed by atoms with Crippen LogP contribution in [-0.2, 0) is 10.0 Å². The maximum Gasteiger partial charge on any atom is 0.261 e. The Hall–Kier alpha value is -1.43. The van der Waals surface area contributed by atoms with E-state index in [0.717, 1.165) is 0 Å². The van der Waals surface area contributed by atoms with Gasteiger partial charge in [-0.1, -0.05) is 29.3 Å². The summed E-state index contributed by atoms with van der Waals surface area (Å²) in [4.78, 5) is 0.0728. The monoisotopic (exact) mass is 316 g/mol. The second-order valence-corrected chi connectivity index (χ2v) is 6.39. The summed E-state index contributed by atoms with van der Waals surface area (Å²) in [6, 6.07) is 10.4. The highest BCUT2D eigenvalue weighted by Crippen LogP contribution is 2.25.